The molecular weight excluding hydrogens is 294 g/mol. The number of likely N-dealkylation sites (N-methyl/N-ethyl adjacent to an activating group) is 1. The molecule has 0 unspecified atom stereocenters. The van der Waals surface area contributed by atoms with Crippen LogP contribution in [0.15, 0.2) is 10.5 Å². The van der Waals surface area contributed by atoms with Gasteiger partial charge in [-0.25, -0.2) is 0 Å². The Labute approximate surface area is 116 Å². The number of halogens is 1. The molecule has 1 aliphatic carbocycles. The van der Waals surface area contributed by atoms with E-state index < -0.39 is 0 Å². The second kappa shape index (κ2) is 5.85. The summed E-state index contributed by atoms with van der Waals surface area (Å²) in [6.07, 6.45) is 5.48. The van der Waals surface area contributed by atoms with Gasteiger partial charge in [0, 0.05) is 0 Å². The van der Waals surface area contributed by atoms with E-state index in [2.05, 4.69) is 21.2 Å². The van der Waals surface area contributed by atoms with Crippen molar-refractivity contribution in [3.05, 3.63) is 27.2 Å². The summed E-state index contributed by atoms with van der Waals surface area (Å²) >= 11 is 3.45. The Morgan fingerprint density at radius 1 is 1.39 bits per heavy atom. The number of hydrogen-bond acceptors (Lipinski definition) is 3. The molecule has 1 aromatic rings. The molecule has 0 saturated carbocycles. The summed E-state index contributed by atoms with van der Waals surface area (Å²) < 4.78 is 0.710. The topological polar surface area (TPSA) is 49.3 Å². The van der Waals surface area contributed by atoms with Crippen LogP contribution in [0.2, 0.25) is 0 Å². The number of nitrogens with one attached hydrogen (secondary N) is 1. The van der Waals surface area contributed by atoms with Gasteiger partial charge in [-0.3, -0.25) is 4.79 Å². The van der Waals surface area contributed by atoms with Gasteiger partial charge in [-0.2, -0.15) is 0 Å². The Morgan fingerprint density at radius 2 is 2.11 bits per heavy atom. The summed E-state index contributed by atoms with van der Waals surface area (Å²) in [5.41, 5.74) is 2.81. The third-order valence-electron chi connectivity index (χ3n) is 3.44. The van der Waals surface area contributed by atoms with Gasteiger partial charge in [-0.05, 0) is 65.9 Å². The van der Waals surface area contributed by atoms with Gasteiger partial charge in [0.25, 0.3) is 0 Å². The van der Waals surface area contributed by atoms with Crippen LogP contribution in [0.4, 0.5) is 0 Å². The number of aromatic hydroxyl groups is 1. The summed E-state index contributed by atoms with van der Waals surface area (Å²) in [6, 6.07) is 1.88. The van der Waals surface area contributed by atoms with E-state index in [1.165, 1.54) is 17.5 Å². The molecule has 1 aromatic carbocycles. The molecule has 0 aromatic heterocycles. The van der Waals surface area contributed by atoms with E-state index in [4.69, 9.17) is 0 Å². The maximum atomic E-state index is 11.9. The number of aryl methyl sites for hydroxylation is 1. The van der Waals surface area contributed by atoms with E-state index in [0.29, 0.717) is 10.0 Å². The van der Waals surface area contributed by atoms with E-state index in [1.54, 1.807) is 7.05 Å². The van der Waals surface area contributed by atoms with Crippen molar-refractivity contribution in [2.45, 2.75) is 32.1 Å². The summed E-state index contributed by atoms with van der Waals surface area (Å²) in [7, 11) is 1.73. The standard InChI is InChI=1S/C14H18BrNO2/c1-16-8-12(17)11-7-9-5-3-2-4-6-10(9)13(15)14(11)18/h7,16,18H,2-6,8H2,1H3. The number of carbonyl (C=O) groups is 1. The minimum atomic E-state index is -0.0669. The number of phenols is 1. The van der Waals surface area contributed by atoms with Crippen molar-refractivity contribution in [3.8, 4) is 5.75 Å². The second-order valence-corrected chi connectivity index (χ2v) is 5.53. The lowest BCUT2D eigenvalue weighted by atomic mass is 9.97. The molecule has 0 amide bonds. The SMILES string of the molecule is CNCC(=O)c1cc2c(c(Br)c1O)CCCCC2. The molecule has 0 radical (unpaired) electrons. The molecule has 0 atom stereocenters. The highest BCUT2D eigenvalue weighted by Crippen LogP contribution is 2.37. The largest absolute Gasteiger partial charge is 0.506 e. The zero-order chi connectivity index (χ0) is 13.1. The van der Waals surface area contributed by atoms with Crippen LogP contribution in [0, 0.1) is 0 Å². The predicted molar refractivity (Wildman–Crippen MR) is 75.3 cm³/mol. The van der Waals surface area contributed by atoms with Crippen LogP contribution < -0.4 is 5.32 Å². The lowest BCUT2D eigenvalue weighted by molar-refractivity contribution is 0.0991. The minimum Gasteiger partial charge on any atom is -0.506 e. The van der Waals surface area contributed by atoms with E-state index in [9.17, 15) is 9.90 Å². The highest BCUT2D eigenvalue weighted by molar-refractivity contribution is 9.10. The van der Waals surface area contributed by atoms with E-state index in [1.807, 2.05) is 6.07 Å². The van der Waals surface area contributed by atoms with Gasteiger partial charge in [-0.1, -0.05) is 6.42 Å². The second-order valence-electron chi connectivity index (χ2n) is 4.74. The first-order valence-electron chi connectivity index (χ1n) is 6.36. The highest BCUT2D eigenvalue weighted by atomic mass is 79.9. The van der Waals surface area contributed by atoms with Crippen LogP contribution in [0.5, 0.6) is 5.75 Å². The molecule has 2 rings (SSSR count). The van der Waals surface area contributed by atoms with Crippen LogP contribution >= 0.6 is 15.9 Å². The van der Waals surface area contributed by atoms with Crippen LogP contribution in [0.1, 0.15) is 40.7 Å². The van der Waals surface area contributed by atoms with Crippen LogP contribution in [0.3, 0.4) is 0 Å². The molecule has 0 heterocycles. The van der Waals surface area contributed by atoms with Gasteiger partial charge in [0.05, 0.1) is 16.6 Å². The van der Waals surface area contributed by atoms with Crippen molar-refractivity contribution in [1.82, 2.24) is 5.32 Å². The zero-order valence-corrected chi connectivity index (χ0v) is 12.1. The molecule has 3 nitrogen and oxygen atoms in total. The van der Waals surface area contributed by atoms with Crippen molar-refractivity contribution < 1.29 is 9.90 Å². The van der Waals surface area contributed by atoms with Crippen molar-refractivity contribution >= 4 is 21.7 Å². The number of phenolic OH excluding ortho intramolecular Hbond substituents is 1. The monoisotopic (exact) mass is 311 g/mol. The van der Waals surface area contributed by atoms with Crippen LogP contribution in [0.25, 0.3) is 0 Å². The Kier molecular flexibility index (Phi) is 4.40. The summed E-state index contributed by atoms with van der Waals surface area (Å²) in [5, 5.41) is 13.0. The molecule has 0 spiro atoms. The average molecular weight is 312 g/mol. The maximum absolute atomic E-state index is 11.9. The summed E-state index contributed by atoms with van der Waals surface area (Å²) in [6.45, 7) is 0.249. The van der Waals surface area contributed by atoms with Crippen molar-refractivity contribution in [3.63, 3.8) is 0 Å². The molecule has 1 aliphatic rings. The smallest absolute Gasteiger partial charge is 0.180 e. The molecular formula is C14H18BrNO2. The molecule has 4 heteroatoms. The predicted octanol–water partition coefficient (Wildman–Crippen LogP) is 2.83. The molecule has 2 N–H and O–H groups in total. The first kappa shape index (κ1) is 13.6. The Bertz CT molecular complexity index is 471. The lowest BCUT2D eigenvalue weighted by Gasteiger charge is -2.13. The maximum Gasteiger partial charge on any atom is 0.180 e. The van der Waals surface area contributed by atoms with Gasteiger partial charge in [0.2, 0.25) is 0 Å². The number of benzene rings is 1. The molecule has 98 valence electrons. The van der Waals surface area contributed by atoms with Crippen LogP contribution in [-0.2, 0) is 12.8 Å². The lowest BCUT2D eigenvalue weighted by Crippen LogP contribution is -2.19. The minimum absolute atomic E-state index is 0.0669. The molecule has 0 fully saturated rings. The van der Waals surface area contributed by atoms with Gasteiger partial charge < -0.3 is 10.4 Å². The number of fused-ring (bicyclic) bond motifs is 1. The van der Waals surface area contributed by atoms with Gasteiger partial charge >= 0.3 is 0 Å². The van der Waals surface area contributed by atoms with E-state index in [0.717, 1.165) is 25.7 Å². The number of ketones is 1. The molecule has 18 heavy (non-hydrogen) atoms. The van der Waals surface area contributed by atoms with Crippen LogP contribution in [-0.4, -0.2) is 24.5 Å². The zero-order valence-electron chi connectivity index (χ0n) is 10.6. The highest BCUT2D eigenvalue weighted by Gasteiger charge is 2.20. The fourth-order valence-electron chi connectivity index (χ4n) is 2.49. The van der Waals surface area contributed by atoms with E-state index in [-0.39, 0.29) is 18.1 Å². The summed E-state index contributed by atoms with van der Waals surface area (Å²) in [5.74, 6) is 0.0265. The first-order valence-corrected chi connectivity index (χ1v) is 7.15. The van der Waals surface area contributed by atoms with Crippen molar-refractivity contribution in [1.29, 1.82) is 0 Å². The van der Waals surface area contributed by atoms with Gasteiger partial charge in [0.15, 0.2) is 5.78 Å². The van der Waals surface area contributed by atoms with Crippen molar-refractivity contribution in [2.24, 2.45) is 0 Å². The fraction of sp³-hybridized carbons (Fsp3) is 0.500. The fourth-order valence-corrected chi connectivity index (χ4v) is 3.15. The molecule has 0 bridgehead atoms. The number of Topliss-reactive ketones (excluding diaryl/α,β-unsaturated/α-hetero) is 1. The Morgan fingerprint density at radius 3 is 2.83 bits per heavy atom. The molecule has 0 aliphatic heterocycles. The van der Waals surface area contributed by atoms with Crippen molar-refractivity contribution in [2.75, 3.05) is 13.6 Å². The Balaban J connectivity index is 2.47. The first-order chi connectivity index (χ1) is 8.65. The third kappa shape index (κ3) is 2.59. The van der Waals surface area contributed by atoms with E-state index >= 15 is 0 Å². The quantitative estimate of drug-likeness (QED) is 0.666. The average Bonchev–Trinajstić information content (AvgIpc) is 2.59. The third-order valence-corrected chi connectivity index (χ3v) is 4.30. The number of carbonyl (C=O) groups excluding carboxylic acids is 1. The van der Waals surface area contributed by atoms with Gasteiger partial charge in [-0.15, -0.1) is 0 Å². The number of rotatable bonds is 3. The summed E-state index contributed by atoms with van der Waals surface area (Å²) in [4.78, 5) is 11.9. The van der Waals surface area contributed by atoms with Gasteiger partial charge in [0.1, 0.15) is 5.75 Å². The molecule has 0 saturated heterocycles. The Hall–Kier alpha value is -0.870. The number of hydrogen-bond donors (Lipinski definition) is 2. The normalized spacial score (nSPS) is 15.0.